The molecule has 1 aromatic heterocycles. The number of rotatable bonds is 2. The maximum atomic E-state index is 13.0. The van der Waals surface area contributed by atoms with Crippen LogP contribution in [0.3, 0.4) is 0 Å². The van der Waals surface area contributed by atoms with Crippen LogP contribution in [0.15, 0.2) is 24.4 Å². The van der Waals surface area contributed by atoms with Crippen molar-refractivity contribution in [3.63, 3.8) is 0 Å². The molecule has 88 valence electrons. The predicted molar refractivity (Wildman–Crippen MR) is 57.9 cm³/mol. The molecular weight excluding hydrogens is 252 g/mol. The molecular formula is C10H6ClF2N3O. The minimum atomic E-state index is -1.14. The van der Waals surface area contributed by atoms with Crippen molar-refractivity contribution in [3.05, 3.63) is 46.6 Å². The maximum absolute atomic E-state index is 13.0. The maximum Gasteiger partial charge on any atom is 0.258 e. The molecule has 0 fully saturated rings. The van der Waals surface area contributed by atoms with Gasteiger partial charge in [-0.1, -0.05) is 11.6 Å². The zero-order chi connectivity index (χ0) is 12.4. The molecule has 0 saturated heterocycles. The van der Waals surface area contributed by atoms with Crippen LogP contribution >= 0.6 is 11.6 Å². The van der Waals surface area contributed by atoms with Gasteiger partial charge in [-0.2, -0.15) is 5.10 Å². The van der Waals surface area contributed by atoms with Crippen LogP contribution in [0.4, 0.5) is 14.6 Å². The van der Waals surface area contributed by atoms with Crippen LogP contribution in [-0.4, -0.2) is 16.1 Å². The van der Waals surface area contributed by atoms with Gasteiger partial charge in [0.15, 0.2) is 11.6 Å². The van der Waals surface area contributed by atoms with E-state index in [1.807, 2.05) is 0 Å². The number of halogens is 3. The number of nitrogens with one attached hydrogen (secondary N) is 2. The highest BCUT2D eigenvalue weighted by molar-refractivity contribution is 6.34. The number of carbonyl (C=O) groups excluding carboxylic acids is 1. The van der Waals surface area contributed by atoms with E-state index in [1.54, 1.807) is 0 Å². The van der Waals surface area contributed by atoms with Gasteiger partial charge in [-0.05, 0) is 12.1 Å². The molecule has 2 aromatic rings. The summed E-state index contributed by atoms with van der Waals surface area (Å²) in [4.78, 5) is 11.7. The van der Waals surface area contributed by atoms with Crippen molar-refractivity contribution in [3.8, 4) is 0 Å². The summed E-state index contributed by atoms with van der Waals surface area (Å²) in [6.45, 7) is 0. The van der Waals surface area contributed by atoms with Crippen LogP contribution in [0.25, 0.3) is 0 Å². The third-order valence-corrected chi connectivity index (χ3v) is 2.32. The normalized spacial score (nSPS) is 10.3. The number of anilines is 1. The zero-order valence-electron chi connectivity index (χ0n) is 8.30. The molecule has 0 unspecified atom stereocenters. The SMILES string of the molecule is O=C(Nc1ccn[nH]1)c1cc(F)c(F)cc1Cl. The second-order valence-corrected chi connectivity index (χ2v) is 3.58. The van der Waals surface area contributed by atoms with Crippen molar-refractivity contribution in [1.82, 2.24) is 10.2 Å². The summed E-state index contributed by atoms with van der Waals surface area (Å²) in [7, 11) is 0. The quantitative estimate of drug-likeness (QED) is 0.813. The summed E-state index contributed by atoms with van der Waals surface area (Å²) in [5, 5.41) is 8.34. The highest BCUT2D eigenvalue weighted by atomic mass is 35.5. The first kappa shape index (κ1) is 11.5. The van der Waals surface area contributed by atoms with Crippen molar-refractivity contribution in [2.24, 2.45) is 0 Å². The van der Waals surface area contributed by atoms with Crippen LogP contribution in [0.1, 0.15) is 10.4 Å². The molecule has 0 bridgehead atoms. The monoisotopic (exact) mass is 257 g/mol. The van der Waals surface area contributed by atoms with Gasteiger partial charge in [-0.15, -0.1) is 0 Å². The zero-order valence-corrected chi connectivity index (χ0v) is 9.05. The first-order chi connectivity index (χ1) is 8.08. The number of nitrogens with zero attached hydrogens (tertiary/aromatic N) is 1. The third kappa shape index (κ3) is 2.42. The molecule has 0 radical (unpaired) electrons. The van der Waals surface area contributed by atoms with Gasteiger partial charge >= 0.3 is 0 Å². The number of hydrogen-bond acceptors (Lipinski definition) is 2. The molecule has 0 aliphatic rings. The van der Waals surface area contributed by atoms with E-state index in [0.717, 1.165) is 12.1 Å². The second-order valence-electron chi connectivity index (χ2n) is 3.17. The Kier molecular flexibility index (Phi) is 3.06. The van der Waals surface area contributed by atoms with Crippen molar-refractivity contribution in [2.45, 2.75) is 0 Å². The molecule has 1 aromatic carbocycles. The summed E-state index contributed by atoms with van der Waals surface area (Å²) >= 11 is 5.64. The third-order valence-electron chi connectivity index (χ3n) is 2.00. The summed E-state index contributed by atoms with van der Waals surface area (Å²) in [5.74, 6) is -2.56. The molecule has 0 aliphatic carbocycles. The van der Waals surface area contributed by atoms with E-state index in [0.29, 0.717) is 5.82 Å². The Labute approximate surface area is 99.6 Å². The Balaban J connectivity index is 2.28. The van der Waals surface area contributed by atoms with Crippen molar-refractivity contribution < 1.29 is 13.6 Å². The molecule has 7 heteroatoms. The number of hydrogen-bond donors (Lipinski definition) is 2. The highest BCUT2D eigenvalue weighted by Crippen LogP contribution is 2.20. The van der Waals surface area contributed by atoms with Crippen molar-refractivity contribution in [2.75, 3.05) is 5.32 Å². The van der Waals surface area contributed by atoms with Crippen LogP contribution in [-0.2, 0) is 0 Å². The average molecular weight is 258 g/mol. The van der Waals surface area contributed by atoms with Crippen LogP contribution in [0.5, 0.6) is 0 Å². The van der Waals surface area contributed by atoms with E-state index in [1.165, 1.54) is 12.3 Å². The molecule has 2 N–H and O–H groups in total. The largest absolute Gasteiger partial charge is 0.307 e. The van der Waals surface area contributed by atoms with Gasteiger partial charge in [0.05, 0.1) is 16.8 Å². The summed E-state index contributed by atoms with van der Waals surface area (Å²) in [6, 6.07) is 2.99. The van der Waals surface area contributed by atoms with E-state index in [4.69, 9.17) is 11.6 Å². The number of aromatic nitrogens is 2. The Bertz CT molecular complexity index is 557. The molecule has 17 heavy (non-hydrogen) atoms. The molecule has 1 amide bonds. The van der Waals surface area contributed by atoms with Crippen LogP contribution in [0, 0.1) is 11.6 Å². The van der Waals surface area contributed by atoms with Crippen molar-refractivity contribution >= 4 is 23.3 Å². The smallest absolute Gasteiger partial charge is 0.258 e. The van der Waals surface area contributed by atoms with Gasteiger partial charge in [0.25, 0.3) is 5.91 Å². The van der Waals surface area contributed by atoms with E-state index in [-0.39, 0.29) is 10.6 Å². The van der Waals surface area contributed by atoms with Crippen LogP contribution in [0.2, 0.25) is 5.02 Å². The minimum Gasteiger partial charge on any atom is -0.307 e. The van der Waals surface area contributed by atoms with Gasteiger partial charge in [-0.3, -0.25) is 9.89 Å². The predicted octanol–water partition coefficient (Wildman–Crippen LogP) is 2.59. The van der Waals surface area contributed by atoms with Gasteiger partial charge in [0.1, 0.15) is 5.82 Å². The van der Waals surface area contributed by atoms with Gasteiger partial charge in [0.2, 0.25) is 0 Å². The topological polar surface area (TPSA) is 57.8 Å². The molecule has 0 spiro atoms. The lowest BCUT2D eigenvalue weighted by molar-refractivity contribution is 0.102. The number of H-pyrrole nitrogens is 1. The van der Waals surface area contributed by atoms with Crippen molar-refractivity contribution in [1.29, 1.82) is 0 Å². The number of aromatic amines is 1. The summed E-state index contributed by atoms with van der Waals surface area (Å²) < 4.78 is 25.8. The van der Waals surface area contributed by atoms with E-state index >= 15 is 0 Å². The lowest BCUT2D eigenvalue weighted by Gasteiger charge is -2.05. The second kappa shape index (κ2) is 4.50. The van der Waals surface area contributed by atoms with E-state index in [9.17, 15) is 13.6 Å². The Hall–Kier alpha value is -1.95. The number of carbonyl (C=O) groups is 1. The van der Waals surface area contributed by atoms with Crippen LogP contribution < -0.4 is 5.32 Å². The first-order valence-corrected chi connectivity index (χ1v) is 4.91. The highest BCUT2D eigenvalue weighted by Gasteiger charge is 2.15. The lowest BCUT2D eigenvalue weighted by Crippen LogP contribution is -2.13. The average Bonchev–Trinajstić information content (AvgIpc) is 2.76. The van der Waals surface area contributed by atoms with Gasteiger partial charge in [-0.25, -0.2) is 8.78 Å². The van der Waals surface area contributed by atoms with E-state index in [2.05, 4.69) is 15.5 Å². The Morgan fingerprint density at radius 3 is 2.71 bits per heavy atom. The summed E-state index contributed by atoms with van der Waals surface area (Å²) in [5.41, 5.74) is -0.153. The minimum absolute atomic E-state index is 0.153. The molecule has 2 rings (SSSR count). The molecule has 0 saturated carbocycles. The number of benzene rings is 1. The Morgan fingerprint density at radius 2 is 2.06 bits per heavy atom. The van der Waals surface area contributed by atoms with E-state index < -0.39 is 17.5 Å². The lowest BCUT2D eigenvalue weighted by atomic mass is 10.2. The standard InChI is InChI=1S/C10H6ClF2N3O/c11-6-4-8(13)7(12)3-5(6)10(17)15-9-1-2-14-16-9/h1-4H,(H2,14,15,16,17). The Morgan fingerprint density at radius 1 is 1.35 bits per heavy atom. The first-order valence-electron chi connectivity index (χ1n) is 4.53. The van der Waals surface area contributed by atoms with Gasteiger partial charge in [0, 0.05) is 6.07 Å². The summed E-state index contributed by atoms with van der Waals surface area (Å²) in [6.07, 6.45) is 1.43. The molecule has 0 atom stereocenters. The fraction of sp³-hybridized carbons (Fsp3) is 0. The molecule has 4 nitrogen and oxygen atoms in total. The number of amides is 1. The van der Waals surface area contributed by atoms with Gasteiger partial charge < -0.3 is 5.32 Å². The molecule has 0 aliphatic heterocycles. The fourth-order valence-corrected chi connectivity index (χ4v) is 1.45. The molecule has 1 heterocycles. The fourth-order valence-electron chi connectivity index (χ4n) is 1.21.